The summed E-state index contributed by atoms with van der Waals surface area (Å²) in [5, 5.41) is 12.3. The molecule has 3 N–H and O–H groups in total. The molecule has 4 rings (SSSR count). The van der Waals surface area contributed by atoms with E-state index in [1.807, 2.05) is 0 Å². The summed E-state index contributed by atoms with van der Waals surface area (Å²) in [6.45, 7) is 2.43. The first-order valence-electron chi connectivity index (χ1n) is 8.39. The first-order chi connectivity index (χ1) is 13.5. The fraction of sp³-hybridized carbons (Fsp3) is 0.438. The van der Waals surface area contributed by atoms with E-state index in [1.54, 1.807) is 11.8 Å². The Morgan fingerprint density at radius 1 is 1.28 bits per heavy atom. The highest BCUT2D eigenvalue weighted by molar-refractivity contribution is 7.17. The number of fused-ring (bicyclic) bond motifs is 1. The predicted octanol–water partition coefficient (Wildman–Crippen LogP) is 3.67. The van der Waals surface area contributed by atoms with Crippen molar-refractivity contribution in [2.45, 2.75) is 19.1 Å². The third-order valence-corrected chi connectivity index (χ3v) is 7.17. The monoisotopic (exact) mass is 468 g/mol. The normalized spacial score (nSPS) is 23.2. The van der Waals surface area contributed by atoms with E-state index in [9.17, 15) is 22.8 Å². The number of nitrogens with one attached hydrogen (secondary N) is 2. The lowest BCUT2D eigenvalue weighted by Gasteiger charge is -2.19. The number of aromatic nitrogens is 2. The van der Waals surface area contributed by atoms with E-state index >= 15 is 0 Å². The Morgan fingerprint density at radius 3 is 2.34 bits per heavy atom. The van der Waals surface area contributed by atoms with E-state index in [0.717, 1.165) is 0 Å². The molecule has 0 bridgehead atoms. The number of aromatic amines is 1. The summed E-state index contributed by atoms with van der Waals surface area (Å²) in [5.74, 6) is -1.99. The minimum absolute atomic E-state index is 0.0156. The SMILES string of the molecule is Cc1[nH]c(C(=O)N[C@H]2[C@@H]3CN(c4nc(C(F)(F)F)c(C(=O)O)s4)C[C@@H]32)c(Cl)c1Cl. The third-order valence-electron chi connectivity index (χ3n) is 5.12. The van der Waals surface area contributed by atoms with Gasteiger partial charge in [-0.2, -0.15) is 13.2 Å². The number of hydrogen-bond acceptors (Lipinski definition) is 5. The van der Waals surface area contributed by atoms with Gasteiger partial charge >= 0.3 is 12.1 Å². The molecule has 1 aliphatic heterocycles. The molecule has 1 saturated heterocycles. The lowest BCUT2D eigenvalue weighted by Crippen LogP contribution is -2.35. The van der Waals surface area contributed by atoms with E-state index < -0.39 is 28.6 Å². The molecule has 0 unspecified atom stereocenters. The summed E-state index contributed by atoms with van der Waals surface area (Å²) in [6.07, 6.45) is -4.84. The van der Waals surface area contributed by atoms with Gasteiger partial charge in [-0.1, -0.05) is 34.5 Å². The maximum atomic E-state index is 13.0. The van der Waals surface area contributed by atoms with E-state index in [0.29, 0.717) is 30.1 Å². The molecular formula is C16H13Cl2F3N4O3S. The molecule has 3 atom stereocenters. The van der Waals surface area contributed by atoms with Crippen molar-refractivity contribution < 1.29 is 27.9 Å². The van der Waals surface area contributed by atoms with Crippen LogP contribution in [0.1, 0.15) is 31.5 Å². The Bertz CT molecular complexity index is 1010. The molecular weight excluding hydrogens is 456 g/mol. The highest BCUT2D eigenvalue weighted by Crippen LogP contribution is 2.48. The number of aryl methyl sites for hydroxylation is 1. The van der Waals surface area contributed by atoms with Gasteiger partial charge in [0.05, 0.1) is 10.0 Å². The Labute approximate surface area is 175 Å². The van der Waals surface area contributed by atoms with Crippen molar-refractivity contribution in [3.63, 3.8) is 0 Å². The minimum Gasteiger partial charge on any atom is -0.477 e. The number of halogens is 5. The van der Waals surface area contributed by atoms with Gasteiger partial charge in [0.25, 0.3) is 5.91 Å². The summed E-state index contributed by atoms with van der Waals surface area (Å²) < 4.78 is 39.0. The molecule has 29 heavy (non-hydrogen) atoms. The van der Waals surface area contributed by atoms with E-state index in [-0.39, 0.29) is 38.7 Å². The zero-order valence-electron chi connectivity index (χ0n) is 14.6. The average molecular weight is 469 g/mol. The number of hydrogen-bond donors (Lipinski definition) is 3. The maximum Gasteiger partial charge on any atom is 0.435 e. The second-order valence-electron chi connectivity index (χ2n) is 6.96. The number of carbonyl (C=O) groups excluding carboxylic acids is 1. The molecule has 1 amide bonds. The number of alkyl halides is 3. The summed E-state index contributed by atoms with van der Waals surface area (Å²) >= 11 is 12.5. The predicted molar refractivity (Wildman–Crippen MR) is 100 cm³/mol. The van der Waals surface area contributed by atoms with Gasteiger partial charge < -0.3 is 20.3 Å². The van der Waals surface area contributed by atoms with Crippen LogP contribution in [0.25, 0.3) is 0 Å². The molecule has 2 aromatic rings. The van der Waals surface area contributed by atoms with Crippen LogP contribution in [-0.2, 0) is 6.18 Å². The van der Waals surface area contributed by atoms with Crippen LogP contribution < -0.4 is 10.2 Å². The Morgan fingerprint density at radius 2 is 1.90 bits per heavy atom. The molecule has 1 saturated carbocycles. The fourth-order valence-corrected chi connectivity index (χ4v) is 4.99. The molecule has 3 heterocycles. The molecule has 2 fully saturated rings. The number of carboxylic acid groups (broad SMARTS) is 1. The average Bonchev–Trinajstić information content (AvgIpc) is 3.06. The minimum atomic E-state index is -4.84. The van der Waals surface area contributed by atoms with Crippen LogP contribution in [0.5, 0.6) is 0 Å². The second kappa shape index (κ2) is 6.78. The van der Waals surface area contributed by atoms with Crippen LogP contribution in [0.4, 0.5) is 18.3 Å². The highest BCUT2D eigenvalue weighted by atomic mass is 35.5. The van der Waals surface area contributed by atoms with E-state index in [1.165, 1.54) is 0 Å². The Hall–Kier alpha value is -1.98. The standard InChI is InChI=1S/C16H13Cl2F3N4O3S/c1-4-7(17)8(18)10(22-4)13(26)23-9-5-2-25(3-6(5)9)15-24-12(16(19,20)21)11(29-15)14(27)28/h5-6,9,22H,2-3H2,1H3,(H,23,26)(H,27,28)/t5-,6+,9+. The summed E-state index contributed by atoms with van der Waals surface area (Å²) in [5.41, 5.74) is -0.650. The molecule has 0 aromatic carbocycles. The van der Waals surface area contributed by atoms with E-state index in [4.69, 9.17) is 28.3 Å². The van der Waals surface area contributed by atoms with Crippen LogP contribution in [0, 0.1) is 18.8 Å². The summed E-state index contributed by atoms with van der Waals surface area (Å²) in [7, 11) is 0. The number of carbonyl (C=O) groups is 2. The number of anilines is 1. The van der Waals surface area contributed by atoms with Crippen LogP contribution in [0.15, 0.2) is 0 Å². The van der Waals surface area contributed by atoms with Crippen molar-refractivity contribution in [3.8, 4) is 0 Å². The lowest BCUT2D eigenvalue weighted by atomic mass is 10.3. The fourth-order valence-electron chi connectivity index (χ4n) is 3.63. The zero-order chi connectivity index (χ0) is 21.2. The number of rotatable bonds is 4. The van der Waals surface area contributed by atoms with Gasteiger partial charge in [-0.05, 0) is 6.92 Å². The van der Waals surface area contributed by atoms with Crippen molar-refractivity contribution >= 4 is 51.5 Å². The Balaban J connectivity index is 1.42. The van der Waals surface area contributed by atoms with Crippen LogP contribution in [-0.4, -0.2) is 46.1 Å². The summed E-state index contributed by atoms with van der Waals surface area (Å²) in [4.78, 5) is 30.6. The number of thiazole rings is 1. The van der Waals surface area contributed by atoms with Crippen molar-refractivity contribution in [1.29, 1.82) is 0 Å². The number of aromatic carboxylic acids is 1. The smallest absolute Gasteiger partial charge is 0.435 e. The first kappa shape index (κ1) is 20.3. The van der Waals surface area contributed by atoms with Crippen molar-refractivity contribution in [1.82, 2.24) is 15.3 Å². The van der Waals surface area contributed by atoms with Crippen molar-refractivity contribution in [2.24, 2.45) is 11.8 Å². The van der Waals surface area contributed by atoms with Gasteiger partial charge in [0.1, 0.15) is 10.6 Å². The number of piperidine rings is 1. The molecule has 1 aliphatic carbocycles. The quantitative estimate of drug-likeness (QED) is 0.635. The molecule has 0 spiro atoms. The molecule has 7 nitrogen and oxygen atoms in total. The maximum absolute atomic E-state index is 13.0. The highest BCUT2D eigenvalue weighted by Gasteiger charge is 2.57. The first-order valence-corrected chi connectivity index (χ1v) is 9.97. The second-order valence-corrected chi connectivity index (χ2v) is 8.70. The van der Waals surface area contributed by atoms with Gasteiger partial charge in [-0.3, -0.25) is 4.79 Å². The number of carboxylic acids is 1. The van der Waals surface area contributed by atoms with Crippen LogP contribution in [0.3, 0.4) is 0 Å². The lowest BCUT2D eigenvalue weighted by molar-refractivity contribution is -0.141. The molecule has 156 valence electrons. The molecule has 0 radical (unpaired) electrons. The molecule has 2 aliphatic rings. The van der Waals surface area contributed by atoms with Crippen molar-refractivity contribution in [2.75, 3.05) is 18.0 Å². The number of H-pyrrole nitrogens is 1. The van der Waals surface area contributed by atoms with Gasteiger partial charge in [0, 0.05) is 36.7 Å². The molecule has 2 aromatic heterocycles. The van der Waals surface area contributed by atoms with Gasteiger partial charge in [0.15, 0.2) is 10.8 Å². The largest absolute Gasteiger partial charge is 0.477 e. The van der Waals surface area contributed by atoms with Gasteiger partial charge in [-0.25, -0.2) is 9.78 Å². The Kier molecular flexibility index (Phi) is 4.74. The van der Waals surface area contributed by atoms with Crippen LogP contribution in [0.2, 0.25) is 10.0 Å². The van der Waals surface area contributed by atoms with E-state index in [2.05, 4.69) is 15.3 Å². The molecule has 13 heteroatoms. The number of nitrogens with zero attached hydrogens (tertiary/aromatic N) is 2. The third kappa shape index (κ3) is 3.44. The number of amides is 1. The summed E-state index contributed by atoms with van der Waals surface area (Å²) in [6, 6.07) is -0.141. The zero-order valence-corrected chi connectivity index (χ0v) is 16.9. The van der Waals surface area contributed by atoms with Crippen molar-refractivity contribution in [3.05, 3.63) is 32.0 Å². The topological polar surface area (TPSA) is 98.3 Å². The van der Waals surface area contributed by atoms with Gasteiger partial charge in [0.2, 0.25) is 0 Å². The van der Waals surface area contributed by atoms with Crippen LogP contribution >= 0.6 is 34.5 Å². The van der Waals surface area contributed by atoms with Gasteiger partial charge in [-0.15, -0.1) is 0 Å².